The lowest BCUT2D eigenvalue weighted by molar-refractivity contribution is 0.0947. The third-order valence-electron chi connectivity index (χ3n) is 7.29. The second-order valence-corrected chi connectivity index (χ2v) is 13.5. The number of benzene rings is 2. The number of carbonyl (C=O) groups excluding carboxylic acids is 1. The van der Waals surface area contributed by atoms with Crippen LogP contribution in [0.2, 0.25) is 5.02 Å². The summed E-state index contributed by atoms with van der Waals surface area (Å²) in [5.74, 6) is 0.404. The van der Waals surface area contributed by atoms with E-state index in [9.17, 15) is 13.2 Å². The number of rotatable bonds is 14. The molecular weight excluding hydrogens is 582 g/mol. The molecule has 1 saturated heterocycles. The molecule has 0 aliphatic carbocycles. The zero-order valence-corrected chi connectivity index (χ0v) is 26.5. The molecule has 12 heteroatoms. The van der Waals surface area contributed by atoms with Crippen molar-refractivity contribution in [1.29, 1.82) is 0 Å². The van der Waals surface area contributed by atoms with Crippen LogP contribution in [-0.4, -0.2) is 88.0 Å². The van der Waals surface area contributed by atoms with Crippen molar-refractivity contribution in [3.05, 3.63) is 47.0 Å². The summed E-state index contributed by atoms with van der Waals surface area (Å²) in [5.41, 5.74) is 1.25. The summed E-state index contributed by atoms with van der Waals surface area (Å²) in [4.78, 5) is 22.3. The van der Waals surface area contributed by atoms with Crippen molar-refractivity contribution >= 4 is 54.2 Å². The average molecular weight is 622 g/mol. The van der Waals surface area contributed by atoms with Crippen LogP contribution in [0.4, 0.5) is 5.13 Å². The summed E-state index contributed by atoms with van der Waals surface area (Å²) < 4.78 is 34.4. The second kappa shape index (κ2) is 14.6. The van der Waals surface area contributed by atoms with Gasteiger partial charge in [-0.2, -0.15) is 4.31 Å². The van der Waals surface area contributed by atoms with Crippen LogP contribution in [0.15, 0.2) is 41.3 Å². The molecule has 0 spiro atoms. The minimum Gasteiger partial charge on any atom is -0.493 e. The molecule has 0 unspecified atom stereocenters. The summed E-state index contributed by atoms with van der Waals surface area (Å²) in [6, 6.07) is 10.1. The first-order valence-electron chi connectivity index (χ1n) is 14.3. The van der Waals surface area contributed by atoms with E-state index < -0.39 is 10.0 Å². The maximum atomic E-state index is 13.2. The van der Waals surface area contributed by atoms with Gasteiger partial charge in [-0.15, -0.1) is 0 Å². The Morgan fingerprint density at radius 3 is 2.32 bits per heavy atom. The SMILES string of the molecule is CCCCN(CCCC)S(=O)(=O)c1ccc(C(=O)NCCN2CCN(c3nc4c(OC)c(Cl)ccc4s3)CC2)cc1. The number of aromatic nitrogens is 1. The molecule has 1 N–H and O–H groups in total. The summed E-state index contributed by atoms with van der Waals surface area (Å²) in [5, 5.41) is 4.48. The Labute approximate surface area is 252 Å². The average Bonchev–Trinajstić information content (AvgIpc) is 3.42. The standard InChI is InChI=1S/C29H40ClN5O4S2/c1-4-6-15-35(16-7-5-2)41(37,38)23-10-8-22(9-11-23)28(36)31-14-17-33-18-20-34(21-19-33)29-32-26-25(40-29)13-12-24(30)27(26)39-3/h8-13H,4-7,14-21H2,1-3H3,(H,31,36). The molecule has 0 bridgehead atoms. The minimum atomic E-state index is -3.58. The number of anilines is 1. The molecule has 0 saturated carbocycles. The largest absolute Gasteiger partial charge is 0.493 e. The van der Waals surface area contributed by atoms with Gasteiger partial charge < -0.3 is 15.0 Å². The molecule has 0 radical (unpaired) electrons. The Balaban J connectivity index is 1.26. The predicted octanol–water partition coefficient (Wildman–Crippen LogP) is 5.10. The van der Waals surface area contributed by atoms with Gasteiger partial charge in [0.2, 0.25) is 10.0 Å². The van der Waals surface area contributed by atoms with Crippen LogP contribution in [0.3, 0.4) is 0 Å². The van der Waals surface area contributed by atoms with Crippen molar-refractivity contribution in [2.75, 3.05) is 64.4 Å². The third-order valence-corrected chi connectivity index (χ3v) is 10.6. The van der Waals surface area contributed by atoms with Gasteiger partial charge in [-0.25, -0.2) is 13.4 Å². The summed E-state index contributed by atoms with van der Waals surface area (Å²) in [6.07, 6.45) is 3.51. The van der Waals surface area contributed by atoms with E-state index in [0.29, 0.717) is 36.0 Å². The third kappa shape index (κ3) is 7.70. The molecule has 1 amide bonds. The number of amides is 1. The number of halogens is 1. The van der Waals surface area contributed by atoms with Crippen LogP contribution in [0.5, 0.6) is 5.75 Å². The Kier molecular flexibility index (Phi) is 11.2. The molecule has 4 rings (SSSR count). The number of sulfonamides is 1. The minimum absolute atomic E-state index is 0.205. The first kappa shape index (κ1) is 31.5. The number of hydrogen-bond donors (Lipinski definition) is 1. The highest BCUT2D eigenvalue weighted by atomic mass is 35.5. The van der Waals surface area contributed by atoms with Crippen molar-refractivity contribution in [3.63, 3.8) is 0 Å². The number of hydrogen-bond acceptors (Lipinski definition) is 8. The Morgan fingerprint density at radius 1 is 1.05 bits per heavy atom. The number of piperazine rings is 1. The summed E-state index contributed by atoms with van der Waals surface area (Å²) in [7, 11) is -1.98. The van der Waals surface area contributed by atoms with Gasteiger partial charge in [0.1, 0.15) is 5.52 Å². The molecule has 0 atom stereocenters. The van der Waals surface area contributed by atoms with Crippen LogP contribution in [0.1, 0.15) is 49.9 Å². The molecule has 3 aromatic rings. The Morgan fingerprint density at radius 2 is 1.71 bits per heavy atom. The van der Waals surface area contributed by atoms with Crippen LogP contribution >= 0.6 is 22.9 Å². The van der Waals surface area contributed by atoms with E-state index in [1.165, 1.54) is 0 Å². The van der Waals surface area contributed by atoms with E-state index in [4.69, 9.17) is 21.3 Å². The van der Waals surface area contributed by atoms with Gasteiger partial charge in [-0.05, 0) is 49.2 Å². The van der Waals surface area contributed by atoms with Crippen LogP contribution in [-0.2, 0) is 10.0 Å². The van der Waals surface area contributed by atoms with Crippen LogP contribution in [0.25, 0.3) is 10.2 Å². The lowest BCUT2D eigenvalue weighted by Crippen LogP contribution is -2.48. The highest BCUT2D eigenvalue weighted by molar-refractivity contribution is 7.89. The zero-order valence-electron chi connectivity index (χ0n) is 24.1. The number of carbonyl (C=O) groups is 1. The van der Waals surface area contributed by atoms with E-state index in [1.807, 2.05) is 12.1 Å². The number of nitrogens with zero attached hydrogens (tertiary/aromatic N) is 4. The number of unbranched alkanes of at least 4 members (excludes halogenated alkanes) is 2. The van der Waals surface area contributed by atoms with E-state index in [2.05, 4.69) is 29.0 Å². The van der Waals surface area contributed by atoms with E-state index in [-0.39, 0.29) is 10.8 Å². The maximum absolute atomic E-state index is 13.2. The fourth-order valence-corrected chi connectivity index (χ4v) is 7.57. The highest BCUT2D eigenvalue weighted by Gasteiger charge is 2.24. The van der Waals surface area contributed by atoms with Crippen molar-refractivity contribution in [3.8, 4) is 5.75 Å². The van der Waals surface area contributed by atoms with Gasteiger partial charge in [0, 0.05) is 57.9 Å². The lowest BCUT2D eigenvalue weighted by atomic mass is 10.2. The van der Waals surface area contributed by atoms with E-state index in [0.717, 1.165) is 73.8 Å². The normalized spacial score (nSPS) is 14.6. The van der Waals surface area contributed by atoms with Gasteiger partial charge in [0.25, 0.3) is 5.91 Å². The Hall–Kier alpha value is -2.44. The van der Waals surface area contributed by atoms with Crippen molar-refractivity contribution < 1.29 is 17.9 Å². The fraction of sp³-hybridized carbons (Fsp3) is 0.517. The molecule has 224 valence electrons. The summed E-state index contributed by atoms with van der Waals surface area (Å²) in [6.45, 7) is 9.79. The highest BCUT2D eigenvalue weighted by Crippen LogP contribution is 2.38. The van der Waals surface area contributed by atoms with Gasteiger partial charge in [0.05, 0.1) is 21.7 Å². The summed E-state index contributed by atoms with van der Waals surface area (Å²) >= 11 is 7.89. The van der Waals surface area contributed by atoms with Crippen molar-refractivity contribution in [2.24, 2.45) is 0 Å². The molecule has 2 aromatic carbocycles. The first-order chi connectivity index (χ1) is 19.8. The molecule has 1 aromatic heterocycles. The lowest BCUT2D eigenvalue weighted by Gasteiger charge is -2.34. The number of ether oxygens (including phenoxy) is 1. The molecule has 41 heavy (non-hydrogen) atoms. The fourth-order valence-electron chi connectivity index (χ4n) is 4.80. The van der Waals surface area contributed by atoms with E-state index >= 15 is 0 Å². The maximum Gasteiger partial charge on any atom is 0.251 e. The quantitative estimate of drug-likeness (QED) is 0.268. The smallest absolute Gasteiger partial charge is 0.251 e. The van der Waals surface area contributed by atoms with Crippen molar-refractivity contribution in [1.82, 2.24) is 19.5 Å². The predicted molar refractivity (Wildman–Crippen MR) is 167 cm³/mol. The van der Waals surface area contributed by atoms with Crippen LogP contribution in [0, 0.1) is 0 Å². The van der Waals surface area contributed by atoms with Gasteiger partial charge in [-0.3, -0.25) is 9.69 Å². The zero-order chi connectivity index (χ0) is 29.4. The number of fused-ring (bicyclic) bond motifs is 1. The van der Waals surface area contributed by atoms with E-state index in [1.54, 1.807) is 47.0 Å². The van der Waals surface area contributed by atoms with Crippen LogP contribution < -0.4 is 15.0 Å². The number of methoxy groups -OCH3 is 1. The van der Waals surface area contributed by atoms with Gasteiger partial charge in [0.15, 0.2) is 10.9 Å². The number of nitrogens with one attached hydrogen (secondary N) is 1. The Bertz CT molecular complexity index is 1400. The topological polar surface area (TPSA) is 95.1 Å². The van der Waals surface area contributed by atoms with Gasteiger partial charge in [-0.1, -0.05) is 49.6 Å². The monoisotopic (exact) mass is 621 g/mol. The molecular formula is C29H40ClN5O4S2. The second-order valence-electron chi connectivity index (χ2n) is 10.1. The molecule has 1 aliphatic rings. The molecule has 1 aliphatic heterocycles. The molecule has 2 heterocycles. The van der Waals surface area contributed by atoms with Crippen molar-refractivity contribution in [2.45, 2.75) is 44.4 Å². The molecule has 1 fully saturated rings. The first-order valence-corrected chi connectivity index (χ1v) is 16.9. The van der Waals surface area contributed by atoms with Gasteiger partial charge >= 0.3 is 0 Å². The number of thiazole rings is 1. The molecule has 9 nitrogen and oxygen atoms in total.